The maximum Gasteiger partial charge on any atom is 0.150 e. The van der Waals surface area contributed by atoms with Gasteiger partial charge in [0.2, 0.25) is 0 Å². The predicted molar refractivity (Wildman–Crippen MR) is 59.8 cm³/mol. The standard InChI is InChI=1S/C10H18N4O/c1-7-9(11)10(13(2)12-7)14-4-3-8(5-14)6-15/h8,15H,3-6,11H2,1-2H3. The summed E-state index contributed by atoms with van der Waals surface area (Å²) in [5.74, 6) is 1.36. The van der Waals surface area contributed by atoms with Crippen LogP contribution >= 0.6 is 0 Å². The summed E-state index contributed by atoms with van der Waals surface area (Å²) in [6.45, 7) is 4.00. The van der Waals surface area contributed by atoms with Gasteiger partial charge in [-0.25, -0.2) is 0 Å². The molecule has 0 aliphatic carbocycles. The molecule has 1 aromatic rings. The molecule has 1 unspecified atom stereocenters. The molecule has 1 fully saturated rings. The Morgan fingerprint density at radius 3 is 2.80 bits per heavy atom. The monoisotopic (exact) mass is 210 g/mol. The third kappa shape index (κ3) is 1.67. The fourth-order valence-electron chi connectivity index (χ4n) is 2.21. The summed E-state index contributed by atoms with van der Waals surface area (Å²) in [6, 6.07) is 0. The van der Waals surface area contributed by atoms with Gasteiger partial charge in [0.1, 0.15) is 5.82 Å². The third-order valence-corrected chi connectivity index (χ3v) is 3.08. The van der Waals surface area contributed by atoms with E-state index < -0.39 is 0 Å². The topological polar surface area (TPSA) is 67.3 Å². The van der Waals surface area contributed by atoms with E-state index in [0.29, 0.717) is 5.92 Å². The second kappa shape index (κ2) is 3.73. The molecule has 3 N–H and O–H groups in total. The number of anilines is 2. The van der Waals surface area contributed by atoms with Crippen molar-refractivity contribution in [3.8, 4) is 0 Å². The van der Waals surface area contributed by atoms with Crippen LogP contribution in [-0.2, 0) is 7.05 Å². The first-order valence-electron chi connectivity index (χ1n) is 5.28. The molecule has 1 aliphatic rings. The number of aliphatic hydroxyl groups excluding tert-OH is 1. The summed E-state index contributed by atoms with van der Waals surface area (Å²) in [7, 11) is 1.91. The molecule has 2 rings (SSSR count). The summed E-state index contributed by atoms with van der Waals surface area (Å²) >= 11 is 0. The van der Waals surface area contributed by atoms with Crippen LogP contribution in [0, 0.1) is 12.8 Å². The summed E-state index contributed by atoms with van der Waals surface area (Å²) in [4.78, 5) is 2.20. The minimum absolute atomic E-state index is 0.257. The van der Waals surface area contributed by atoms with Crippen molar-refractivity contribution < 1.29 is 5.11 Å². The molecule has 84 valence electrons. The van der Waals surface area contributed by atoms with Crippen LogP contribution in [0.4, 0.5) is 11.5 Å². The van der Waals surface area contributed by atoms with E-state index in [1.54, 1.807) is 0 Å². The molecule has 1 aliphatic heterocycles. The molecule has 5 nitrogen and oxygen atoms in total. The van der Waals surface area contributed by atoms with E-state index >= 15 is 0 Å². The molecule has 0 aromatic carbocycles. The Hall–Kier alpha value is -1.23. The van der Waals surface area contributed by atoms with Gasteiger partial charge in [0.05, 0.1) is 11.4 Å². The van der Waals surface area contributed by atoms with Crippen LogP contribution in [0.15, 0.2) is 0 Å². The van der Waals surface area contributed by atoms with Crippen molar-refractivity contribution in [1.82, 2.24) is 9.78 Å². The lowest BCUT2D eigenvalue weighted by Gasteiger charge is -2.18. The van der Waals surface area contributed by atoms with Crippen LogP contribution in [0.25, 0.3) is 0 Å². The minimum atomic E-state index is 0.257. The molecule has 0 spiro atoms. The average Bonchev–Trinajstić information content (AvgIpc) is 2.74. The van der Waals surface area contributed by atoms with Crippen LogP contribution in [0.5, 0.6) is 0 Å². The zero-order valence-corrected chi connectivity index (χ0v) is 9.27. The van der Waals surface area contributed by atoms with E-state index in [2.05, 4.69) is 10.00 Å². The number of hydrogen-bond donors (Lipinski definition) is 2. The Balaban J connectivity index is 2.23. The van der Waals surface area contributed by atoms with Gasteiger partial charge in [-0.05, 0) is 13.3 Å². The van der Waals surface area contributed by atoms with Crippen LogP contribution < -0.4 is 10.6 Å². The Bertz CT molecular complexity index is 361. The lowest BCUT2D eigenvalue weighted by molar-refractivity contribution is 0.238. The van der Waals surface area contributed by atoms with Crippen molar-refractivity contribution in [2.24, 2.45) is 13.0 Å². The number of aliphatic hydroxyl groups is 1. The summed E-state index contributed by atoms with van der Waals surface area (Å²) < 4.78 is 1.82. The van der Waals surface area contributed by atoms with Gasteiger partial charge in [-0.15, -0.1) is 0 Å². The molecule has 0 amide bonds. The zero-order valence-electron chi connectivity index (χ0n) is 9.27. The van der Waals surface area contributed by atoms with E-state index in [1.165, 1.54) is 0 Å². The molecular formula is C10H18N4O. The van der Waals surface area contributed by atoms with Crippen molar-refractivity contribution in [1.29, 1.82) is 0 Å². The number of nitrogens with two attached hydrogens (primary N) is 1. The van der Waals surface area contributed by atoms with Gasteiger partial charge in [-0.2, -0.15) is 5.10 Å². The highest BCUT2D eigenvalue weighted by atomic mass is 16.3. The van der Waals surface area contributed by atoms with Crippen LogP contribution in [0.3, 0.4) is 0 Å². The van der Waals surface area contributed by atoms with E-state index in [4.69, 9.17) is 10.8 Å². The second-order valence-electron chi connectivity index (χ2n) is 4.23. The number of aryl methyl sites for hydroxylation is 2. The predicted octanol–water partition coefficient (Wildman–Crippen LogP) is 0.129. The largest absolute Gasteiger partial charge is 0.396 e. The van der Waals surface area contributed by atoms with E-state index in [-0.39, 0.29) is 6.61 Å². The van der Waals surface area contributed by atoms with Crippen LogP contribution in [0.1, 0.15) is 12.1 Å². The summed E-state index contributed by atoms with van der Waals surface area (Å²) in [5, 5.41) is 13.4. The Labute approximate surface area is 89.5 Å². The molecule has 1 saturated heterocycles. The first kappa shape index (κ1) is 10.3. The molecule has 0 saturated carbocycles. The molecule has 0 bridgehead atoms. The Morgan fingerprint density at radius 1 is 1.60 bits per heavy atom. The Kier molecular flexibility index (Phi) is 2.56. The van der Waals surface area contributed by atoms with Gasteiger partial charge in [0.15, 0.2) is 0 Å². The number of rotatable bonds is 2. The van der Waals surface area contributed by atoms with Gasteiger partial charge in [-0.1, -0.05) is 0 Å². The number of nitrogens with zero attached hydrogens (tertiary/aromatic N) is 3. The average molecular weight is 210 g/mol. The Morgan fingerprint density at radius 2 is 2.33 bits per heavy atom. The van der Waals surface area contributed by atoms with Gasteiger partial charge < -0.3 is 15.7 Å². The maximum atomic E-state index is 9.09. The molecule has 5 heteroatoms. The zero-order chi connectivity index (χ0) is 11.0. The molecule has 1 atom stereocenters. The highest BCUT2D eigenvalue weighted by Crippen LogP contribution is 2.29. The van der Waals surface area contributed by atoms with Crippen molar-refractivity contribution in [3.63, 3.8) is 0 Å². The number of nitrogen functional groups attached to an aromatic ring is 1. The second-order valence-corrected chi connectivity index (χ2v) is 4.23. The first-order chi connectivity index (χ1) is 7.13. The van der Waals surface area contributed by atoms with Crippen molar-refractivity contribution >= 4 is 11.5 Å². The highest BCUT2D eigenvalue weighted by molar-refractivity contribution is 5.66. The van der Waals surface area contributed by atoms with Gasteiger partial charge in [0.25, 0.3) is 0 Å². The summed E-state index contributed by atoms with van der Waals surface area (Å²) in [6.07, 6.45) is 1.03. The van der Waals surface area contributed by atoms with Crippen molar-refractivity contribution in [3.05, 3.63) is 5.69 Å². The number of hydrogen-bond acceptors (Lipinski definition) is 4. The number of aromatic nitrogens is 2. The van der Waals surface area contributed by atoms with Gasteiger partial charge in [0, 0.05) is 32.7 Å². The molecule has 15 heavy (non-hydrogen) atoms. The van der Waals surface area contributed by atoms with E-state index in [1.807, 2.05) is 18.7 Å². The maximum absolute atomic E-state index is 9.09. The van der Waals surface area contributed by atoms with Crippen LogP contribution in [-0.4, -0.2) is 34.6 Å². The van der Waals surface area contributed by atoms with Crippen molar-refractivity contribution in [2.75, 3.05) is 30.3 Å². The van der Waals surface area contributed by atoms with Crippen molar-refractivity contribution in [2.45, 2.75) is 13.3 Å². The lowest BCUT2D eigenvalue weighted by Crippen LogP contribution is -2.23. The fourth-order valence-corrected chi connectivity index (χ4v) is 2.21. The van der Waals surface area contributed by atoms with Gasteiger partial charge in [-0.3, -0.25) is 4.68 Å². The molecule has 1 aromatic heterocycles. The minimum Gasteiger partial charge on any atom is -0.396 e. The first-order valence-corrected chi connectivity index (χ1v) is 5.28. The fraction of sp³-hybridized carbons (Fsp3) is 0.700. The lowest BCUT2D eigenvalue weighted by atomic mass is 10.1. The molecule has 0 radical (unpaired) electrons. The van der Waals surface area contributed by atoms with Gasteiger partial charge >= 0.3 is 0 Å². The summed E-state index contributed by atoms with van der Waals surface area (Å²) in [5.41, 5.74) is 7.62. The molecule has 2 heterocycles. The highest BCUT2D eigenvalue weighted by Gasteiger charge is 2.26. The third-order valence-electron chi connectivity index (χ3n) is 3.08. The quantitative estimate of drug-likeness (QED) is 0.728. The normalized spacial score (nSPS) is 21.3. The molecular weight excluding hydrogens is 192 g/mol. The smallest absolute Gasteiger partial charge is 0.150 e. The van der Waals surface area contributed by atoms with E-state index in [0.717, 1.165) is 36.7 Å². The van der Waals surface area contributed by atoms with E-state index in [9.17, 15) is 0 Å². The SMILES string of the molecule is Cc1nn(C)c(N2CCC(CO)C2)c1N. The van der Waals surface area contributed by atoms with Crippen LogP contribution in [0.2, 0.25) is 0 Å².